The van der Waals surface area contributed by atoms with Gasteiger partial charge in [0.2, 0.25) is 5.95 Å². The second-order valence-corrected chi connectivity index (χ2v) is 17.9. The Hall–Kier alpha value is -3.27. The average Bonchev–Trinajstić information content (AvgIpc) is 3.62. The van der Waals surface area contributed by atoms with Crippen molar-refractivity contribution in [1.29, 1.82) is 0 Å². The molecular weight excluding hydrogens is 792 g/mol. The lowest BCUT2D eigenvalue weighted by atomic mass is 9.73. The number of hydrogen-bond donors (Lipinski definition) is 4. The number of carbonyl (C=O) groups is 2. The number of fused-ring (bicyclic) bond motifs is 5. The van der Waals surface area contributed by atoms with Crippen molar-refractivity contribution in [3.05, 3.63) is 24.0 Å². The van der Waals surface area contributed by atoms with Gasteiger partial charge >= 0.3 is 5.97 Å². The third kappa shape index (κ3) is 10.3. The summed E-state index contributed by atoms with van der Waals surface area (Å²) in [6, 6.07) is 3.14. The monoisotopic (exact) mass is 852 g/mol. The van der Waals surface area contributed by atoms with Crippen LogP contribution >= 0.6 is 11.5 Å². The molecular formula is C40H61FN6O11S. The first kappa shape index (κ1) is 46.8. The van der Waals surface area contributed by atoms with E-state index in [1.807, 2.05) is 25.9 Å². The Morgan fingerprint density at radius 2 is 1.81 bits per heavy atom. The molecule has 2 aromatic heterocycles. The van der Waals surface area contributed by atoms with Crippen molar-refractivity contribution >= 4 is 34.9 Å². The van der Waals surface area contributed by atoms with Crippen LogP contribution in [0.25, 0.3) is 10.6 Å². The minimum Gasteiger partial charge on any atom is -0.457 e. The molecule has 3 fully saturated rings. The van der Waals surface area contributed by atoms with Gasteiger partial charge in [-0.3, -0.25) is 9.78 Å². The lowest BCUT2D eigenvalue weighted by molar-refractivity contribution is -0.297. The number of anilines is 1. The van der Waals surface area contributed by atoms with E-state index in [0.29, 0.717) is 17.1 Å². The normalized spacial score (nSPS) is 39.9. The third-order valence-electron chi connectivity index (χ3n) is 12.0. The Balaban J connectivity index is 1.59. The van der Waals surface area contributed by atoms with Crippen LogP contribution in [0.3, 0.4) is 0 Å². The first-order valence-corrected chi connectivity index (χ1v) is 20.9. The number of esters is 1. The van der Waals surface area contributed by atoms with Gasteiger partial charge in [0.1, 0.15) is 28.5 Å². The number of halogens is 1. The van der Waals surface area contributed by atoms with Gasteiger partial charge < -0.3 is 54.5 Å². The van der Waals surface area contributed by atoms with Gasteiger partial charge in [0, 0.05) is 29.6 Å². The van der Waals surface area contributed by atoms with Crippen LogP contribution < -0.4 is 5.73 Å². The zero-order chi connectivity index (χ0) is 43.6. The number of nitrogens with zero attached hydrogens (tertiary/aromatic N) is 5. The molecule has 19 heteroatoms. The summed E-state index contributed by atoms with van der Waals surface area (Å²) in [5.41, 5.74) is 0.360. The van der Waals surface area contributed by atoms with Crippen molar-refractivity contribution in [2.24, 2.45) is 22.9 Å². The summed E-state index contributed by atoms with van der Waals surface area (Å²) in [5, 5.41) is 40.7. The number of rotatable bonds is 8. The van der Waals surface area contributed by atoms with Crippen molar-refractivity contribution in [1.82, 2.24) is 19.2 Å². The summed E-state index contributed by atoms with van der Waals surface area (Å²) in [6.07, 6.45) is -5.88. The molecule has 0 aliphatic carbocycles. The minimum absolute atomic E-state index is 0.00807. The van der Waals surface area contributed by atoms with Crippen LogP contribution in [0.1, 0.15) is 80.3 Å². The van der Waals surface area contributed by atoms with E-state index in [1.54, 1.807) is 46.0 Å². The van der Waals surface area contributed by atoms with E-state index in [-0.39, 0.29) is 50.4 Å². The van der Waals surface area contributed by atoms with Crippen molar-refractivity contribution in [3.8, 4) is 10.6 Å². The van der Waals surface area contributed by atoms with Crippen LogP contribution in [-0.4, -0.2) is 145 Å². The Kier molecular flexibility index (Phi) is 14.9. The number of ether oxygens (including phenoxy) is 5. The van der Waals surface area contributed by atoms with Crippen LogP contribution in [0.5, 0.6) is 0 Å². The number of cyclic esters (lactones) is 1. The summed E-state index contributed by atoms with van der Waals surface area (Å²) in [5.74, 6) is -5.36. The fourth-order valence-electron chi connectivity index (χ4n) is 8.57. The van der Waals surface area contributed by atoms with Crippen LogP contribution in [0.4, 0.5) is 10.3 Å². The van der Waals surface area contributed by atoms with Gasteiger partial charge in [0.15, 0.2) is 18.7 Å². The molecule has 14 atom stereocenters. The highest BCUT2D eigenvalue weighted by molar-refractivity contribution is 7.09. The molecule has 3 aliphatic rings. The van der Waals surface area contributed by atoms with Crippen LogP contribution in [0, 0.1) is 17.8 Å². The number of pyridine rings is 1. The van der Waals surface area contributed by atoms with Gasteiger partial charge in [-0.05, 0) is 90.6 Å². The van der Waals surface area contributed by atoms with E-state index in [2.05, 4.69) is 19.5 Å². The average molecular weight is 853 g/mol. The van der Waals surface area contributed by atoms with Gasteiger partial charge in [-0.2, -0.15) is 9.36 Å². The van der Waals surface area contributed by atoms with Crippen molar-refractivity contribution in [2.75, 3.05) is 33.0 Å². The number of nitrogen functional groups attached to an aromatic ring is 1. The maximum absolute atomic E-state index is 16.8. The Morgan fingerprint density at radius 3 is 2.42 bits per heavy atom. The summed E-state index contributed by atoms with van der Waals surface area (Å²) in [7, 11) is 3.63. The number of nitrogens with two attached hydrogens (primary N) is 1. The van der Waals surface area contributed by atoms with Gasteiger partial charge in [-0.25, -0.2) is 9.18 Å². The zero-order valence-corrected chi connectivity index (χ0v) is 36.3. The van der Waals surface area contributed by atoms with E-state index in [1.165, 1.54) is 13.8 Å². The number of likely N-dealkylation sites (N-methyl/N-ethyl adjacent to an activating group) is 1. The van der Waals surface area contributed by atoms with Gasteiger partial charge in [-0.1, -0.05) is 32.9 Å². The molecule has 5 rings (SSSR count). The molecule has 0 radical (unpaired) electrons. The van der Waals surface area contributed by atoms with E-state index in [0.717, 1.165) is 24.0 Å². The number of carbonyl (C=O) groups excluding carboxylic acids is 2. The molecule has 3 saturated heterocycles. The highest BCUT2D eigenvalue weighted by Crippen LogP contribution is 2.41. The molecule has 0 saturated carbocycles. The summed E-state index contributed by atoms with van der Waals surface area (Å²) in [4.78, 5) is 44.3. The Morgan fingerprint density at radius 1 is 1.10 bits per heavy atom. The minimum atomic E-state index is -3.20. The fourth-order valence-corrected chi connectivity index (χ4v) is 9.15. The number of hydrogen-bond acceptors (Lipinski definition) is 18. The predicted molar refractivity (Wildman–Crippen MR) is 215 cm³/mol. The first-order chi connectivity index (χ1) is 27.6. The number of alkyl halides is 1. The van der Waals surface area contributed by atoms with Gasteiger partial charge in [0.25, 0.3) is 5.67 Å². The lowest BCUT2D eigenvalue weighted by Crippen LogP contribution is -2.62. The number of oxime groups is 1. The molecule has 330 valence electrons. The molecule has 0 aromatic carbocycles. The van der Waals surface area contributed by atoms with Crippen molar-refractivity contribution < 1.29 is 57.8 Å². The summed E-state index contributed by atoms with van der Waals surface area (Å²) in [6.45, 7) is 11.6. The standard InChI is InChI=1S/C40H61FN6O11S/c1-11-28-40(8,52)33-22(4)29(48)20(2)15-38(6,54-18-26(17-53-33)45-55-19-25-13-12-24(16-43-25)34-44-37(42)46-59-34)32(23(5)31(50)39(7,41)36(51)57-28)58-35-30(49)27(47(9)10)14-21(3)56-35/h12-13,16,20-23,27-30,32-33,35,48-49,52H,11,14-15,17-19H2,1-10H3,(H2,42,46)/b45-26+/t20-,21-,22+,23+,27+,28-,29+,30-,32-,33?,35-,38-,39+,40-/m1/s1. The molecule has 2 aromatic rings. The molecule has 5 N–H and O–H groups in total. The van der Waals surface area contributed by atoms with Gasteiger partial charge in [0.05, 0.1) is 48.9 Å². The molecule has 5 heterocycles. The van der Waals surface area contributed by atoms with E-state index >= 15 is 4.39 Å². The third-order valence-corrected chi connectivity index (χ3v) is 12.7. The second-order valence-electron chi connectivity index (χ2n) is 17.1. The van der Waals surface area contributed by atoms with Crippen LogP contribution in [0.15, 0.2) is 23.5 Å². The highest BCUT2D eigenvalue weighted by atomic mass is 32.1. The molecule has 17 nitrogen and oxygen atoms in total. The van der Waals surface area contributed by atoms with E-state index < -0.39 is 89.2 Å². The number of Topliss-reactive ketones (excluding diaryl/α,β-unsaturated/α-hetero) is 1. The van der Waals surface area contributed by atoms with Crippen molar-refractivity contribution in [3.63, 3.8) is 0 Å². The molecule has 0 spiro atoms. The maximum atomic E-state index is 16.8. The first-order valence-electron chi connectivity index (χ1n) is 20.1. The molecule has 1 unspecified atom stereocenters. The largest absolute Gasteiger partial charge is 0.457 e. The van der Waals surface area contributed by atoms with E-state index in [4.69, 9.17) is 34.3 Å². The van der Waals surface area contributed by atoms with E-state index in [9.17, 15) is 24.9 Å². The Bertz CT molecular complexity index is 1780. The van der Waals surface area contributed by atoms with Crippen LogP contribution in [-0.2, 0) is 44.7 Å². The lowest BCUT2D eigenvalue weighted by Gasteiger charge is -2.48. The maximum Gasteiger partial charge on any atom is 0.351 e. The predicted octanol–water partition coefficient (Wildman–Crippen LogP) is 3.08. The number of aliphatic hydroxyl groups excluding tert-OH is 2. The second kappa shape index (κ2) is 18.8. The zero-order valence-electron chi connectivity index (χ0n) is 35.5. The summed E-state index contributed by atoms with van der Waals surface area (Å²) >= 11 is 1.15. The number of ketones is 1. The smallest absolute Gasteiger partial charge is 0.351 e. The van der Waals surface area contributed by atoms with Crippen molar-refractivity contribution in [2.45, 2.75) is 147 Å². The molecule has 59 heavy (non-hydrogen) atoms. The fraction of sp³-hybridized carbons (Fsp3) is 0.750. The SMILES string of the molecule is CC[C@H]1OC(=O)[C@@](C)(F)C(=O)[C@H](C)[C@@H](O[C@H]2O[C@H](C)C[C@H](N(C)C)[C@H]2O)[C@@]2(C)C[C@@H](C)[C@H](O)[C@H](C)C(OC/C(=N\OCc3ccc(-c4nc(N)ns4)cn3)CO2)[C@]1(C)O. The van der Waals surface area contributed by atoms with Crippen LogP contribution in [0.2, 0.25) is 0 Å². The quantitative estimate of drug-likeness (QED) is 0.170. The number of aliphatic hydroxyl groups is 3. The molecule has 3 aliphatic heterocycles. The number of aromatic nitrogens is 3. The summed E-state index contributed by atoms with van der Waals surface area (Å²) < 4.78 is 52.3. The Labute approximate surface area is 348 Å². The molecule has 2 bridgehead atoms. The highest BCUT2D eigenvalue weighted by Gasteiger charge is 2.57. The van der Waals surface area contributed by atoms with Gasteiger partial charge in [-0.15, -0.1) is 0 Å². The molecule has 0 amide bonds. The topological polar surface area (TPSA) is 230 Å².